The molecule has 17 heavy (non-hydrogen) atoms. The fraction of sp³-hybridized carbons (Fsp3) is 0.286. The molecule has 0 saturated heterocycles. The minimum Gasteiger partial charge on any atom is -0.292 e. The number of nitrogens with zero attached hydrogens (tertiary/aromatic N) is 1. The number of ketones is 1. The summed E-state index contributed by atoms with van der Waals surface area (Å²) in [6.45, 7) is 6.00. The van der Waals surface area contributed by atoms with Gasteiger partial charge in [0.2, 0.25) is 0 Å². The van der Waals surface area contributed by atoms with Gasteiger partial charge in [-0.2, -0.15) is 0 Å². The van der Waals surface area contributed by atoms with Crippen molar-refractivity contribution in [1.82, 2.24) is 4.98 Å². The van der Waals surface area contributed by atoms with Gasteiger partial charge in [0, 0.05) is 11.8 Å². The van der Waals surface area contributed by atoms with Crippen LogP contribution in [0.5, 0.6) is 0 Å². The molecule has 1 aromatic carbocycles. The summed E-state index contributed by atoms with van der Waals surface area (Å²) in [4.78, 5) is 16.3. The zero-order valence-electron chi connectivity index (χ0n) is 10.3. The maximum atomic E-state index is 12.1. The summed E-state index contributed by atoms with van der Waals surface area (Å²) in [5.41, 5.74) is 4.06. The van der Waals surface area contributed by atoms with Crippen LogP contribution in [0, 0.1) is 20.8 Å². The highest BCUT2D eigenvalue weighted by Crippen LogP contribution is 2.17. The van der Waals surface area contributed by atoms with Crippen molar-refractivity contribution < 1.29 is 4.79 Å². The van der Waals surface area contributed by atoms with Crippen molar-refractivity contribution in [2.24, 2.45) is 0 Å². The maximum absolute atomic E-state index is 12.1. The van der Waals surface area contributed by atoms with Crippen LogP contribution in [0.15, 0.2) is 23.6 Å². The molecule has 2 aromatic rings. The summed E-state index contributed by atoms with van der Waals surface area (Å²) in [5.74, 6) is 0.103. The molecule has 88 valence electrons. The molecule has 0 aliphatic carbocycles. The second-order valence-electron chi connectivity index (χ2n) is 4.22. The first-order chi connectivity index (χ1) is 8.08. The molecule has 1 heterocycles. The molecule has 0 aliphatic heterocycles. The second-order valence-corrected chi connectivity index (χ2v) is 5.28. The van der Waals surface area contributed by atoms with Crippen LogP contribution in [-0.2, 0) is 6.42 Å². The zero-order chi connectivity index (χ0) is 12.4. The van der Waals surface area contributed by atoms with Crippen LogP contribution >= 0.6 is 11.3 Å². The van der Waals surface area contributed by atoms with Crippen LogP contribution in [0.4, 0.5) is 0 Å². The monoisotopic (exact) mass is 245 g/mol. The molecular formula is C14H15NOS. The third-order valence-corrected chi connectivity index (χ3v) is 3.66. The lowest BCUT2D eigenvalue weighted by atomic mass is 9.97. The van der Waals surface area contributed by atoms with Crippen molar-refractivity contribution in [1.29, 1.82) is 0 Å². The number of benzene rings is 1. The van der Waals surface area contributed by atoms with Gasteiger partial charge in [-0.3, -0.25) is 4.79 Å². The lowest BCUT2D eigenvalue weighted by Gasteiger charge is -2.07. The average Bonchev–Trinajstić information content (AvgIpc) is 2.70. The summed E-state index contributed by atoms with van der Waals surface area (Å²) in [5, 5.41) is 2.78. The van der Waals surface area contributed by atoms with Gasteiger partial charge >= 0.3 is 0 Å². The standard InChI is InChI=1S/C14H15NOS/c1-9-5-4-6-10(2)12(9)7-14(16)13-8-17-11(3)15-13/h4-6,8H,7H2,1-3H3. The van der Waals surface area contributed by atoms with E-state index in [4.69, 9.17) is 0 Å². The molecule has 0 fully saturated rings. The number of carbonyl (C=O) groups is 1. The number of aromatic nitrogens is 1. The van der Waals surface area contributed by atoms with E-state index in [0.29, 0.717) is 12.1 Å². The Morgan fingerprint density at radius 2 is 1.88 bits per heavy atom. The lowest BCUT2D eigenvalue weighted by molar-refractivity contribution is 0.0988. The van der Waals surface area contributed by atoms with E-state index in [1.807, 2.05) is 44.4 Å². The van der Waals surface area contributed by atoms with Gasteiger partial charge in [-0.15, -0.1) is 11.3 Å². The van der Waals surface area contributed by atoms with Crippen LogP contribution in [0.25, 0.3) is 0 Å². The number of aryl methyl sites for hydroxylation is 3. The van der Waals surface area contributed by atoms with Crippen LogP contribution in [0.2, 0.25) is 0 Å². The smallest absolute Gasteiger partial charge is 0.186 e. The minimum absolute atomic E-state index is 0.103. The van der Waals surface area contributed by atoms with Gasteiger partial charge in [0.05, 0.1) is 5.01 Å². The maximum Gasteiger partial charge on any atom is 0.186 e. The predicted molar refractivity (Wildman–Crippen MR) is 70.8 cm³/mol. The van der Waals surface area contributed by atoms with E-state index >= 15 is 0 Å². The van der Waals surface area contributed by atoms with Crippen LogP contribution < -0.4 is 0 Å². The highest BCUT2D eigenvalue weighted by molar-refractivity contribution is 7.09. The molecule has 0 radical (unpaired) electrons. The third-order valence-electron chi connectivity index (χ3n) is 2.89. The highest BCUT2D eigenvalue weighted by Gasteiger charge is 2.13. The Labute approximate surface area is 105 Å². The quantitative estimate of drug-likeness (QED) is 0.775. The van der Waals surface area contributed by atoms with Crippen LogP contribution in [-0.4, -0.2) is 10.8 Å². The van der Waals surface area contributed by atoms with Gasteiger partial charge in [-0.25, -0.2) is 4.98 Å². The summed E-state index contributed by atoms with van der Waals surface area (Å²) < 4.78 is 0. The van der Waals surface area contributed by atoms with E-state index in [9.17, 15) is 4.79 Å². The number of carbonyl (C=O) groups excluding carboxylic acids is 1. The van der Waals surface area contributed by atoms with Crippen molar-refractivity contribution >= 4 is 17.1 Å². The Balaban J connectivity index is 2.24. The fourth-order valence-electron chi connectivity index (χ4n) is 1.87. The van der Waals surface area contributed by atoms with Gasteiger partial charge < -0.3 is 0 Å². The highest BCUT2D eigenvalue weighted by atomic mass is 32.1. The molecule has 0 spiro atoms. The molecule has 2 rings (SSSR count). The van der Waals surface area contributed by atoms with Crippen molar-refractivity contribution in [3.05, 3.63) is 51.0 Å². The fourth-order valence-corrected chi connectivity index (χ4v) is 2.49. The van der Waals surface area contributed by atoms with E-state index in [1.54, 1.807) is 0 Å². The summed E-state index contributed by atoms with van der Waals surface area (Å²) in [6.07, 6.45) is 0.446. The molecule has 0 atom stereocenters. The van der Waals surface area contributed by atoms with E-state index in [2.05, 4.69) is 4.98 Å². The molecule has 0 saturated carbocycles. The van der Waals surface area contributed by atoms with Gasteiger partial charge in [0.25, 0.3) is 0 Å². The first kappa shape index (κ1) is 12.0. The molecule has 0 bridgehead atoms. The van der Waals surface area contributed by atoms with Crippen molar-refractivity contribution in [2.75, 3.05) is 0 Å². The number of rotatable bonds is 3. The lowest BCUT2D eigenvalue weighted by Crippen LogP contribution is -2.06. The minimum atomic E-state index is 0.103. The van der Waals surface area contributed by atoms with E-state index in [-0.39, 0.29) is 5.78 Å². The molecule has 0 N–H and O–H groups in total. The summed E-state index contributed by atoms with van der Waals surface area (Å²) in [6, 6.07) is 6.11. The van der Waals surface area contributed by atoms with Crippen LogP contribution in [0.1, 0.15) is 32.2 Å². The predicted octanol–water partition coefficient (Wildman–Crippen LogP) is 3.49. The van der Waals surface area contributed by atoms with Gasteiger partial charge in [0.1, 0.15) is 5.69 Å². The Bertz CT molecular complexity index is 537. The second kappa shape index (κ2) is 4.80. The molecule has 0 unspecified atom stereocenters. The first-order valence-corrected chi connectivity index (χ1v) is 6.46. The van der Waals surface area contributed by atoms with E-state index in [0.717, 1.165) is 10.6 Å². The molecule has 1 aromatic heterocycles. The molecule has 3 heteroatoms. The summed E-state index contributed by atoms with van der Waals surface area (Å²) >= 11 is 1.52. The van der Waals surface area contributed by atoms with Crippen molar-refractivity contribution in [3.8, 4) is 0 Å². The molecule has 0 aliphatic rings. The largest absolute Gasteiger partial charge is 0.292 e. The van der Waals surface area contributed by atoms with Gasteiger partial charge in [-0.1, -0.05) is 18.2 Å². The number of hydrogen-bond donors (Lipinski definition) is 0. The average molecular weight is 245 g/mol. The van der Waals surface area contributed by atoms with Crippen molar-refractivity contribution in [3.63, 3.8) is 0 Å². The summed E-state index contributed by atoms with van der Waals surface area (Å²) in [7, 11) is 0. The number of Topliss-reactive ketones (excluding diaryl/α,β-unsaturated/α-hetero) is 1. The molecule has 2 nitrogen and oxygen atoms in total. The molecule has 0 amide bonds. The van der Waals surface area contributed by atoms with Gasteiger partial charge in [-0.05, 0) is 37.5 Å². The molecular weight excluding hydrogens is 230 g/mol. The normalized spacial score (nSPS) is 10.5. The zero-order valence-corrected chi connectivity index (χ0v) is 11.1. The van der Waals surface area contributed by atoms with Gasteiger partial charge in [0.15, 0.2) is 5.78 Å². The van der Waals surface area contributed by atoms with Crippen molar-refractivity contribution in [2.45, 2.75) is 27.2 Å². The van der Waals surface area contributed by atoms with Crippen LogP contribution in [0.3, 0.4) is 0 Å². The Hall–Kier alpha value is -1.48. The Morgan fingerprint density at radius 1 is 1.24 bits per heavy atom. The Kier molecular flexibility index (Phi) is 3.38. The number of hydrogen-bond acceptors (Lipinski definition) is 3. The van der Waals surface area contributed by atoms with E-state index < -0.39 is 0 Å². The Morgan fingerprint density at radius 3 is 2.41 bits per heavy atom. The third kappa shape index (κ3) is 2.61. The first-order valence-electron chi connectivity index (χ1n) is 5.58. The SMILES string of the molecule is Cc1nc(C(=O)Cc2c(C)cccc2C)cs1. The van der Waals surface area contributed by atoms with E-state index in [1.165, 1.54) is 22.5 Å². The number of thiazole rings is 1. The topological polar surface area (TPSA) is 30.0 Å².